The first kappa shape index (κ1) is 15.6. The van der Waals surface area contributed by atoms with Crippen molar-refractivity contribution < 1.29 is 14.7 Å². The summed E-state index contributed by atoms with van der Waals surface area (Å²) in [4.78, 5) is 22.7. The van der Waals surface area contributed by atoms with Gasteiger partial charge in [-0.1, -0.05) is 12.1 Å². The molecule has 1 aromatic carbocycles. The third-order valence-corrected chi connectivity index (χ3v) is 3.19. The van der Waals surface area contributed by atoms with Gasteiger partial charge in [-0.15, -0.1) is 0 Å². The van der Waals surface area contributed by atoms with Gasteiger partial charge >= 0.3 is 5.97 Å². The first-order chi connectivity index (χ1) is 8.84. The van der Waals surface area contributed by atoms with Crippen LogP contribution in [0, 0.1) is 0 Å². The van der Waals surface area contributed by atoms with Crippen LogP contribution in [0.25, 0.3) is 0 Å². The molecule has 1 aromatic rings. The molecular formula is C14H19NO3S. The van der Waals surface area contributed by atoms with Gasteiger partial charge in [0, 0.05) is 16.9 Å². The lowest BCUT2D eigenvalue weighted by molar-refractivity contribution is -0.138. The largest absolute Gasteiger partial charge is 0.481 e. The van der Waals surface area contributed by atoms with Crippen LogP contribution in [0.4, 0.5) is 0 Å². The maximum atomic E-state index is 12.0. The zero-order chi connectivity index (χ0) is 14.5. The predicted octanol–water partition coefficient (Wildman–Crippen LogP) is 2.53. The van der Waals surface area contributed by atoms with Crippen molar-refractivity contribution in [2.75, 3.05) is 6.26 Å². The molecule has 0 bridgehead atoms. The van der Waals surface area contributed by atoms with E-state index < -0.39 is 11.5 Å². The second-order valence-corrected chi connectivity index (χ2v) is 5.90. The molecule has 0 aliphatic carbocycles. The van der Waals surface area contributed by atoms with E-state index in [1.165, 1.54) is 0 Å². The topological polar surface area (TPSA) is 66.4 Å². The molecule has 0 aliphatic rings. The molecule has 0 aromatic heterocycles. The number of benzene rings is 1. The molecule has 1 amide bonds. The number of carbonyl (C=O) groups excluding carboxylic acids is 1. The number of rotatable bonds is 6. The highest BCUT2D eigenvalue weighted by Crippen LogP contribution is 2.13. The van der Waals surface area contributed by atoms with Gasteiger partial charge in [0.1, 0.15) is 0 Å². The average Bonchev–Trinajstić information content (AvgIpc) is 2.27. The van der Waals surface area contributed by atoms with E-state index in [1.54, 1.807) is 37.7 Å². The summed E-state index contributed by atoms with van der Waals surface area (Å²) in [6.45, 7) is 3.39. The molecule has 0 aliphatic heterocycles. The Bertz CT molecular complexity index is 454. The Balaban J connectivity index is 2.70. The summed E-state index contributed by atoms with van der Waals surface area (Å²) in [5, 5.41) is 11.5. The molecule has 0 radical (unpaired) electrons. The Kier molecular flexibility index (Phi) is 5.42. The van der Waals surface area contributed by atoms with E-state index in [4.69, 9.17) is 5.11 Å². The maximum absolute atomic E-state index is 12.0. The first-order valence-corrected chi connectivity index (χ1v) is 7.35. The van der Waals surface area contributed by atoms with Gasteiger partial charge in [0.05, 0.1) is 6.42 Å². The SMILES string of the molecule is CSCc1ccc(C(=O)NC(C)(C)CC(=O)O)cc1. The van der Waals surface area contributed by atoms with Gasteiger partial charge in [-0.25, -0.2) is 0 Å². The molecule has 2 N–H and O–H groups in total. The van der Waals surface area contributed by atoms with Crippen molar-refractivity contribution in [2.45, 2.75) is 31.6 Å². The van der Waals surface area contributed by atoms with Crippen molar-refractivity contribution in [3.8, 4) is 0 Å². The summed E-state index contributed by atoms with van der Waals surface area (Å²) in [6, 6.07) is 7.35. The standard InChI is InChI=1S/C14H19NO3S/c1-14(2,8-12(16)17)15-13(18)11-6-4-10(5-7-11)9-19-3/h4-7H,8-9H2,1-3H3,(H,15,18)(H,16,17). The van der Waals surface area contributed by atoms with E-state index in [-0.39, 0.29) is 12.3 Å². The maximum Gasteiger partial charge on any atom is 0.305 e. The van der Waals surface area contributed by atoms with Crippen molar-refractivity contribution in [1.82, 2.24) is 5.32 Å². The van der Waals surface area contributed by atoms with Gasteiger partial charge in [-0.3, -0.25) is 9.59 Å². The Labute approximate surface area is 117 Å². The minimum Gasteiger partial charge on any atom is -0.481 e. The molecule has 0 heterocycles. The molecular weight excluding hydrogens is 262 g/mol. The second-order valence-electron chi connectivity index (χ2n) is 5.04. The predicted molar refractivity (Wildman–Crippen MR) is 77.5 cm³/mol. The fraction of sp³-hybridized carbons (Fsp3) is 0.429. The van der Waals surface area contributed by atoms with Crippen LogP contribution in [0.1, 0.15) is 36.2 Å². The summed E-state index contributed by atoms with van der Waals surface area (Å²) in [6.07, 6.45) is 1.92. The van der Waals surface area contributed by atoms with Crippen molar-refractivity contribution in [3.05, 3.63) is 35.4 Å². The molecule has 5 heteroatoms. The van der Waals surface area contributed by atoms with Crippen LogP contribution in [0.3, 0.4) is 0 Å². The summed E-state index contributed by atoms with van der Waals surface area (Å²) >= 11 is 1.72. The number of amides is 1. The lowest BCUT2D eigenvalue weighted by Gasteiger charge is -2.24. The summed E-state index contributed by atoms with van der Waals surface area (Å²) in [5.74, 6) is -0.269. The molecule has 0 spiro atoms. The highest BCUT2D eigenvalue weighted by molar-refractivity contribution is 7.97. The zero-order valence-electron chi connectivity index (χ0n) is 11.4. The number of hydrogen-bond donors (Lipinski definition) is 2. The van der Waals surface area contributed by atoms with E-state index in [0.717, 1.165) is 11.3 Å². The van der Waals surface area contributed by atoms with Crippen molar-refractivity contribution in [3.63, 3.8) is 0 Å². The van der Waals surface area contributed by atoms with Crippen LogP contribution >= 0.6 is 11.8 Å². The second kappa shape index (κ2) is 6.61. The number of hydrogen-bond acceptors (Lipinski definition) is 3. The van der Waals surface area contributed by atoms with E-state index in [1.807, 2.05) is 18.4 Å². The minimum absolute atomic E-state index is 0.108. The first-order valence-electron chi connectivity index (χ1n) is 5.96. The summed E-state index contributed by atoms with van der Waals surface area (Å²) in [7, 11) is 0. The normalized spacial score (nSPS) is 11.1. The van der Waals surface area contributed by atoms with E-state index in [2.05, 4.69) is 5.32 Å². The number of thioether (sulfide) groups is 1. The van der Waals surface area contributed by atoms with E-state index in [0.29, 0.717) is 5.56 Å². The molecule has 0 fully saturated rings. The number of carboxylic acid groups (broad SMARTS) is 1. The number of nitrogens with one attached hydrogen (secondary N) is 1. The van der Waals surface area contributed by atoms with Crippen LogP contribution < -0.4 is 5.32 Å². The van der Waals surface area contributed by atoms with Gasteiger partial charge in [0.15, 0.2) is 0 Å². The Morgan fingerprint density at radius 3 is 2.32 bits per heavy atom. The molecule has 19 heavy (non-hydrogen) atoms. The van der Waals surface area contributed by atoms with E-state index >= 15 is 0 Å². The quantitative estimate of drug-likeness (QED) is 0.841. The molecule has 104 valence electrons. The van der Waals surface area contributed by atoms with Crippen molar-refractivity contribution in [2.24, 2.45) is 0 Å². The zero-order valence-corrected chi connectivity index (χ0v) is 12.2. The van der Waals surface area contributed by atoms with Gasteiger partial charge < -0.3 is 10.4 Å². The highest BCUT2D eigenvalue weighted by Gasteiger charge is 2.24. The van der Waals surface area contributed by atoms with Gasteiger partial charge in [-0.05, 0) is 37.8 Å². The van der Waals surface area contributed by atoms with Crippen LogP contribution in [-0.4, -0.2) is 28.8 Å². The highest BCUT2D eigenvalue weighted by atomic mass is 32.2. The Morgan fingerprint density at radius 2 is 1.84 bits per heavy atom. The summed E-state index contributed by atoms with van der Waals surface area (Å²) in [5.41, 5.74) is 0.943. The summed E-state index contributed by atoms with van der Waals surface area (Å²) < 4.78 is 0. The van der Waals surface area contributed by atoms with Crippen LogP contribution in [0.2, 0.25) is 0 Å². The number of carbonyl (C=O) groups is 2. The fourth-order valence-electron chi connectivity index (χ4n) is 1.72. The van der Waals surface area contributed by atoms with Gasteiger partial charge in [-0.2, -0.15) is 11.8 Å². The van der Waals surface area contributed by atoms with Crippen molar-refractivity contribution in [1.29, 1.82) is 0 Å². The third kappa shape index (κ3) is 5.34. The minimum atomic E-state index is -0.930. The number of aliphatic carboxylic acids is 1. The molecule has 1 rings (SSSR count). The Hall–Kier alpha value is -1.49. The smallest absolute Gasteiger partial charge is 0.305 e. The molecule has 0 saturated carbocycles. The van der Waals surface area contributed by atoms with Crippen molar-refractivity contribution >= 4 is 23.6 Å². The molecule has 0 atom stereocenters. The third-order valence-electron chi connectivity index (χ3n) is 2.57. The van der Waals surface area contributed by atoms with Crippen LogP contribution in [0.15, 0.2) is 24.3 Å². The average molecular weight is 281 g/mol. The Morgan fingerprint density at radius 1 is 1.26 bits per heavy atom. The van der Waals surface area contributed by atoms with Crippen LogP contribution in [-0.2, 0) is 10.5 Å². The van der Waals surface area contributed by atoms with Gasteiger partial charge in [0.25, 0.3) is 5.91 Å². The van der Waals surface area contributed by atoms with Gasteiger partial charge in [0.2, 0.25) is 0 Å². The fourth-order valence-corrected chi connectivity index (χ4v) is 2.25. The molecule has 0 saturated heterocycles. The number of carboxylic acids is 1. The van der Waals surface area contributed by atoms with E-state index in [9.17, 15) is 9.59 Å². The van der Waals surface area contributed by atoms with Crippen LogP contribution in [0.5, 0.6) is 0 Å². The lowest BCUT2D eigenvalue weighted by atomic mass is 10.00. The molecule has 4 nitrogen and oxygen atoms in total. The molecule has 0 unspecified atom stereocenters. The monoisotopic (exact) mass is 281 g/mol. The lowest BCUT2D eigenvalue weighted by Crippen LogP contribution is -2.44.